The van der Waals surface area contributed by atoms with Crippen LogP contribution >= 0.6 is 0 Å². The highest BCUT2D eigenvalue weighted by Crippen LogP contribution is 2.07. The zero-order valence-electron chi connectivity index (χ0n) is 16.8. The predicted octanol–water partition coefficient (Wildman–Crippen LogP) is 1.19. The largest absolute Gasteiger partial charge is 0.445 e. The van der Waals surface area contributed by atoms with Crippen LogP contribution in [-0.4, -0.2) is 41.7 Å². The van der Waals surface area contributed by atoms with Crippen LogP contribution in [0, 0.1) is 6.92 Å². The molecule has 0 fully saturated rings. The molecule has 160 valence electrons. The van der Waals surface area contributed by atoms with E-state index in [1.807, 2.05) is 61.5 Å². The summed E-state index contributed by atoms with van der Waals surface area (Å²) in [5, 5.41) is 14.9. The van der Waals surface area contributed by atoms with Crippen molar-refractivity contribution in [1.29, 1.82) is 0 Å². The number of rotatable bonds is 10. The van der Waals surface area contributed by atoms with E-state index < -0.39 is 30.1 Å². The van der Waals surface area contributed by atoms with Crippen molar-refractivity contribution in [2.24, 2.45) is 5.73 Å². The number of nitrogens with one attached hydrogen (secondary N) is 2. The first kappa shape index (κ1) is 22.9. The molecule has 2 rings (SSSR count). The summed E-state index contributed by atoms with van der Waals surface area (Å²) in [7, 11) is 0. The Morgan fingerprint density at radius 1 is 1.07 bits per heavy atom. The molecule has 8 heteroatoms. The average Bonchev–Trinajstić information content (AvgIpc) is 2.71. The van der Waals surface area contributed by atoms with Gasteiger partial charge in [-0.2, -0.15) is 0 Å². The summed E-state index contributed by atoms with van der Waals surface area (Å²) in [4.78, 5) is 35.5. The summed E-state index contributed by atoms with van der Waals surface area (Å²) in [6.07, 6.45) is -1.88. The fourth-order valence-electron chi connectivity index (χ4n) is 2.81. The summed E-state index contributed by atoms with van der Waals surface area (Å²) < 4.78 is 5.03. The van der Waals surface area contributed by atoms with E-state index >= 15 is 0 Å². The molecule has 0 aromatic heterocycles. The third kappa shape index (κ3) is 8.32. The monoisotopic (exact) mass is 413 g/mol. The van der Waals surface area contributed by atoms with Crippen LogP contribution in [0.15, 0.2) is 54.6 Å². The van der Waals surface area contributed by atoms with Gasteiger partial charge in [-0.3, -0.25) is 9.59 Å². The summed E-state index contributed by atoms with van der Waals surface area (Å²) in [6.45, 7) is 1.86. The van der Waals surface area contributed by atoms with Gasteiger partial charge in [-0.1, -0.05) is 60.2 Å². The van der Waals surface area contributed by atoms with Gasteiger partial charge in [0.15, 0.2) is 0 Å². The molecule has 2 atom stereocenters. The minimum atomic E-state index is -1.14. The van der Waals surface area contributed by atoms with E-state index in [4.69, 9.17) is 10.5 Å². The van der Waals surface area contributed by atoms with Gasteiger partial charge in [-0.15, -0.1) is 0 Å². The molecule has 5 N–H and O–H groups in total. The fraction of sp³-hybridized carbons (Fsp3) is 0.318. The summed E-state index contributed by atoms with van der Waals surface area (Å²) in [5.41, 5.74) is 8.12. The summed E-state index contributed by atoms with van der Waals surface area (Å²) >= 11 is 0. The van der Waals surface area contributed by atoms with Crippen molar-refractivity contribution in [2.45, 2.75) is 38.5 Å². The Kier molecular flexibility index (Phi) is 8.83. The molecule has 30 heavy (non-hydrogen) atoms. The number of ether oxygens (including phenoxy) is 1. The first-order chi connectivity index (χ1) is 14.3. The fourth-order valence-corrected chi connectivity index (χ4v) is 2.81. The number of carbonyl (C=O) groups excluding carboxylic acids is 3. The van der Waals surface area contributed by atoms with Gasteiger partial charge in [0.1, 0.15) is 12.6 Å². The zero-order valence-corrected chi connectivity index (χ0v) is 16.8. The SMILES string of the molecule is Cc1cccc(C[C@@H](NC(=O)C[C@@H](O)CNC(=O)OCc2ccccc2)C(N)=O)c1. The predicted molar refractivity (Wildman–Crippen MR) is 111 cm³/mol. The number of hydrogen-bond acceptors (Lipinski definition) is 5. The van der Waals surface area contributed by atoms with Crippen LogP contribution in [-0.2, 0) is 27.4 Å². The van der Waals surface area contributed by atoms with Gasteiger partial charge in [0.25, 0.3) is 0 Å². The van der Waals surface area contributed by atoms with Crippen molar-refractivity contribution in [3.05, 3.63) is 71.3 Å². The topological polar surface area (TPSA) is 131 Å². The van der Waals surface area contributed by atoms with Crippen LogP contribution in [0.25, 0.3) is 0 Å². The standard InChI is InChI=1S/C22H27N3O5/c1-15-6-5-9-17(10-15)11-19(21(23)28)25-20(27)12-18(26)13-24-22(29)30-14-16-7-3-2-4-8-16/h2-10,18-19,26H,11-14H2,1H3,(H2,23,28)(H,24,29)(H,25,27)/t18-,19-/m1/s1. The molecule has 0 heterocycles. The van der Waals surface area contributed by atoms with Crippen molar-refractivity contribution in [3.63, 3.8) is 0 Å². The van der Waals surface area contributed by atoms with E-state index in [2.05, 4.69) is 10.6 Å². The maximum atomic E-state index is 12.2. The summed E-state index contributed by atoms with van der Waals surface area (Å²) in [6, 6.07) is 15.8. The van der Waals surface area contributed by atoms with Crippen molar-refractivity contribution >= 4 is 17.9 Å². The molecular formula is C22H27N3O5. The molecule has 0 saturated carbocycles. The van der Waals surface area contributed by atoms with Gasteiger partial charge >= 0.3 is 6.09 Å². The quantitative estimate of drug-likeness (QED) is 0.465. The molecule has 0 radical (unpaired) electrons. The molecule has 0 aliphatic carbocycles. The molecule has 0 aliphatic heterocycles. The lowest BCUT2D eigenvalue weighted by Gasteiger charge is -2.17. The Morgan fingerprint density at radius 2 is 1.77 bits per heavy atom. The van der Waals surface area contributed by atoms with Crippen molar-refractivity contribution in [1.82, 2.24) is 10.6 Å². The minimum Gasteiger partial charge on any atom is -0.445 e. The smallest absolute Gasteiger partial charge is 0.407 e. The third-order valence-electron chi connectivity index (χ3n) is 4.32. The van der Waals surface area contributed by atoms with Gasteiger partial charge in [-0.25, -0.2) is 4.79 Å². The van der Waals surface area contributed by atoms with Gasteiger partial charge in [-0.05, 0) is 18.1 Å². The van der Waals surface area contributed by atoms with Crippen molar-refractivity contribution < 1.29 is 24.2 Å². The number of aryl methyl sites for hydroxylation is 1. The van der Waals surface area contributed by atoms with Gasteiger partial charge < -0.3 is 26.2 Å². The lowest BCUT2D eigenvalue weighted by atomic mass is 10.0. The number of primary amides is 1. The molecular weight excluding hydrogens is 386 g/mol. The zero-order chi connectivity index (χ0) is 21.9. The number of nitrogens with two attached hydrogens (primary N) is 1. The number of benzene rings is 2. The Hall–Kier alpha value is -3.39. The number of aliphatic hydroxyl groups excluding tert-OH is 1. The third-order valence-corrected chi connectivity index (χ3v) is 4.32. The molecule has 0 aliphatic rings. The Bertz CT molecular complexity index is 857. The summed E-state index contributed by atoms with van der Waals surface area (Å²) in [5.74, 6) is -1.21. The van der Waals surface area contributed by atoms with E-state index in [9.17, 15) is 19.5 Å². The molecule has 0 spiro atoms. The number of carbonyl (C=O) groups is 3. The van der Waals surface area contributed by atoms with E-state index in [1.54, 1.807) is 0 Å². The molecule has 0 bridgehead atoms. The van der Waals surface area contributed by atoms with Crippen LogP contribution in [0.3, 0.4) is 0 Å². The van der Waals surface area contributed by atoms with Gasteiger partial charge in [0.05, 0.1) is 12.5 Å². The minimum absolute atomic E-state index is 0.0997. The van der Waals surface area contributed by atoms with Gasteiger partial charge in [0, 0.05) is 13.0 Å². The second kappa shape index (κ2) is 11.6. The molecule has 8 nitrogen and oxygen atoms in total. The van der Waals surface area contributed by atoms with Crippen molar-refractivity contribution in [2.75, 3.05) is 6.54 Å². The van der Waals surface area contributed by atoms with Crippen LogP contribution in [0.1, 0.15) is 23.1 Å². The van der Waals surface area contributed by atoms with Crippen LogP contribution in [0.5, 0.6) is 0 Å². The average molecular weight is 413 g/mol. The van der Waals surface area contributed by atoms with Crippen molar-refractivity contribution in [3.8, 4) is 0 Å². The van der Waals surface area contributed by atoms with E-state index in [0.29, 0.717) is 0 Å². The number of alkyl carbamates (subject to hydrolysis) is 1. The first-order valence-corrected chi connectivity index (χ1v) is 9.60. The Morgan fingerprint density at radius 3 is 2.43 bits per heavy atom. The molecule has 2 aromatic carbocycles. The normalized spacial score (nSPS) is 12.5. The van der Waals surface area contributed by atoms with Crippen LogP contribution in [0.4, 0.5) is 4.79 Å². The lowest BCUT2D eigenvalue weighted by Crippen LogP contribution is -2.47. The maximum absolute atomic E-state index is 12.2. The molecule has 0 saturated heterocycles. The number of aliphatic hydroxyl groups is 1. The van der Waals surface area contributed by atoms with Gasteiger partial charge in [0.2, 0.25) is 11.8 Å². The highest BCUT2D eigenvalue weighted by molar-refractivity contribution is 5.87. The molecule has 0 unspecified atom stereocenters. The number of amides is 3. The van der Waals surface area contributed by atoms with E-state index in [1.165, 1.54) is 0 Å². The lowest BCUT2D eigenvalue weighted by molar-refractivity contribution is -0.128. The second-order valence-corrected chi connectivity index (χ2v) is 7.02. The Labute approximate surface area is 175 Å². The van der Waals surface area contributed by atoms with E-state index in [-0.39, 0.29) is 26.0 Å². The van der Waals surface area contributed by atoms with Crippen LogP contribution < -0.4 is 16.4 Å². The molecule has 3 amide bonds. The second-order valence-electron chi connectivity index (χ2n) is 7.02. The maximum Gasteiger partial charge on any atom is 0.407 e. The van der Waals surface area contributed by atoms with Crippen LogP contribution in [0.2, 0.25) is 0 Å². The Balaban J connectivity index is 1.73. The first-order valence-electron chi connectivity index (χ1n) is 9.60. The highest BCUT2D eigenvalue weighted by Gasteiger charge is 2.21. The number of hydrogen-bond donors (Lipinski definition) is 4. The van der Waals surface area contributed by atoms with E-state index in [0.717, 1.165) is 16.7 Å². The molecule has 2 aromatic rings. The highest BCUT2D eigenvalue weighted by atomic mass is 16.5.